The first-order valence-corrected chi connectivity index (χ1v) is 9.19. The molecule has 0 aliphatic heterocycles. The molecule has 1 aromatic heterocycles. The molecule has 0 radical (unpaired) electrons. The van der Waals surface area contributed by atoms with Gasteiger partial charge in [-0.3, -0.25) is 4.79 Å². The highest BCUT2D eigenvalue weighted by Crippen LogP contribution is 2.20. The minimum Gasteiger partial charge on any atom is -0.494 e. The van der Waals surface area contributed by atoms with Crippen molar-refractivity contribution in [2.24, 2.45) is 0 Å². The summed E-state index contributed by atoms with van der Waals surface area (Å²) < 4.78 is 5.41. The van der Waals surface area contributed by atoms with Crippen molar-refractivity contribution in [2.75, 3.05) is 17.2 Å². The van der Waals surface area contributed by atoms with E-state index >= 15 is 0 Å². The van der Waals surface area contributed by atoms with Crippen LogP contribution in [0.1, 0.15) is 34.4 Å². The summed E-state index contributed by atoms with van der Waals surface area (Å²) in [5.41, 5.74) is 4.30. The van der Waals surface area contributed by atoms with Crippen molar-refractivity contribution in [3.63, 3.8) is 0 Å². The Morgan fingerprint density at radius 3 is 2.32 bits per heavy atom. The van der Waals surface area contributed by atoms with Crippen LogP contribution in [0.15, 0.2) is 48.5 Å². The number of hydrogen-bond donors (Lipinski definition) is 2. The fraction of sp³-hybridized carbons (Fsp3) is 0.227. The zero-order chi connectivity index (χ0) is 20.1. The third kappa shape index (κ3) is 4.85. The van der Waals surface area contributed by atoms with Gasteiger partial charge in [-0.15, -0.1) is 0 Å². The van der Waals surface area contributed by atoms with Crippen LogP contribution in [0.2, 0.25) is 0 Å². The number of carbonyl (C=O) groups is 1. The maximum atomic E-state index is 12.6. The average Bonchev–Trinajstić information content (AvgIpc) is 2.66. The number of aromatic nitrogens is 2. The summed E-state index contributed by atoms with van der Waals surface area (Å²) >= 11 is 0. The minimum absolute atomic E-state index is 0.294. The molecule has 0 aliphatic carbocycles. The summed E-state index contributed by atoms with van der Waals surface area (Å²) in [7, 11) is 0. The second kappa shape index (κ2) is 8.52. The van der Waals surface area contributed by atoms with Crippen LogP contribution in [0.3, 0.4) is 0 Å². The van der Waals surface area contributed by atoms with E-state index in [1.165, 1.54) is 11.1 Å². The number of benzene rings is 2. The van der Waals surface area contributed by atoms with Gasteiger partial charge in [-0.25, -0.2) is 9.97 Å². The summed E-state index contributed by atoms with van der Waals surface area (Å²) in [5, 5.41) is 6.10. The fourth-order valence-electron chi connectivity index (χ4n) is 2.71. The number of carbonyl (C=O) groups excluding carboxylic acids is 1. The number of anilines is 3. The Labute approximate surface area is 165 Å². The monoisotopic (exact) mass is 376 g/mol. The Morgan fingerprint density at radius 1 is 0.929 bits per heavy atom. The molecular formula is C22H24N4O2. The van der Waals surface area contributed by atoms with Gasteiger partial charge >= 0.3 is 0 Å². The minimum atomic E-state index is -0.294. The molecule has 0 unspecified atom stereocenters. The van der Waals surface area contributed by atoms with Crippen molar-refractivity contribution in [3.8, 4) is 5.75 Å². The molecule has 6 nitrogen and oxygen atoms in total. The fourth-order valence-corrected chi connectivity index (χ4v) is 2.71. The number of amides is 1. The van der Waals surface area contributed by atoms with Gasteiger partial charge in [-0.05, 0) is 75.2 Å². The highest BCUT2D eigenvalue weighted by molar-refractivity contribution is 6.03. The molecule has 0 bridgehead atoms. The third-order valence-corrected chi connectivity index (χ3v) is 4.27. The Kier molecular flexibility index (Phi) is 5.89. The maximum Gasteiger partial charge on any atom is 0.274 e. The zero-order valence-corrected chi connectivity index (χ0v) is 16.5. The summed E-state index contributed by atoms with van der Waals surface area (Å²) in [6, 6.07) is 15.0. The van der Waals surface area contributed by atoms with E-state index in [0.717, 1.165) is 11.4 Å². The number of rotatable bonds is 6. The molecule has 6 heteroatoms. The van der Waals surface area contributed by atoms with E-state index in [1.54, 1.807) is 25.1 Å². The van der Waals surface area contributed by atoms with Gasteiger partial charge in [0.25, 0.3) is 5.91 Å². The molecule has 0 aliphatic rings. The molecule has 0 spiro atoms. The highest BCUT2D eigenvalue weighted by Gasteiger charge is 2.11. The van der Waals surface area contributed by atoms with Crippen LogP contribution >= 0.6 is 0 Å². The van der Waals surface area contributed by atoms with E-state index in [1.807, 2.05) is 37.3 Å². The van der Waals surface area contributed by atoms with Crippen LogP contribution in [-0.4, -0.2) is 22.5 Å². The molecule has 1 heterocycles. The Bertz CT molecular complexity index is 984. The van der Waals surface area contributed by atoms with E-state index in [-0.39, 0.29) is 5.91 Å². The summed E-state index contributed by atoms with van der Waals surface area (Å²) in [5.74, 6) is 1.56. The van der Waals surface area contributed by atoms with Crippen LogP contribution in [-0.2, 0) is 0 Å². The lowest BCUT2D eigenvalue weighted by Crippen LogP contribution is -2.15. The van der Waals surface area contributed by atoms with Crippen LogP contribution in [0.5, 0.6) is 5.75 Å². The maximum absolute atomic E-state index is 12.6. The molecule has 144 valence electrons. The SMILES string of the molecule is CCOc1ccc(NC(=O)c2cc(Nc3ccc(C)c(C)c3)nc(C)n2)cc1. The van der Waals surface area contributed by atoms with Gasteiger partial charge in [0.1, 0.15) is 23.1 Å². The quantitative estimate of drug-likeness (QED) is 0.646. The first-order chi connectivity index (χ1) is 13.4. The van der Waals surface area contributed by atoms with E-state index < -0.39 is 0 Å². The molecule has 0 fully saturated rings. The Morgan fingerprint density at radius 2 is 1.64 bits per heavy atom. The zero-order valence-electron chi connectivity index (χ0n) is 16.5. The van der Waals surface area contributed by atoms with Crippen molar-refractivity contribution < 1.29 is 9.53 Å². The molecular weight excluding hydrogens is 352 g/mol. The molecule has 0 saturated heterocycles. The van der Waals surface area contributed by atoms with Crippen molar-refractivity contribution in [1.82, 2.24) is 9.97 Å². The summed E-state index contributed by atoms with van der Waals surface area (Å²) in [4.78, 5) is 21.3. The van der Waals surface area contributed by atoms with Gasteiger partial charge in [0.15, 0.2) is 0 Å². The van der Waals surface area contributed by atoms with Crippen LogP contribution < -0.4 is 15.4 Å². The number of nitrogens with one attached hydrogen (secondary N) is 2. The third-order valence-electron chi connectivity index (χ3n) is 4.27. The van der Waals surface area contributed by atoms with Crippen molar-refractivity contribution in [2.45, 2.75) is 27.7 Å². The lowest BCUT2D eigenvalue weighted by Gasteiger charge is -2.11. The lowest BCUT2D eigenvalue weighted by molar-refractivity contribution is 0.102. The topological polar surface area (TPSA) is 76.1 Å². The average molecular weight is 376 g/mol. The Balaban J connectivity index is 1.76. The number of nitrogens with zero attached hydrogens (tertiary/aromatic N) is 2. The van der Waals surface area contributed by atoms with E-state index in [0.29, 0.717) is 29.6 Å². The van der Waals surface area contributed by atoms with Crippen molar-refractivity contribution >= 4 is 23.1 Å². The Hall–Kier alpha value is -3.41. The molecule has 3 rings (SSSR count). The number of aryl methyl sites for hydroxylation is 3. The first kappa shape index (κ1) is 19.4. The van der Waals surface area contributed by atoms with Gasteiger partial charge < -0.3 is 15.4 Å². The van der Waals surface area contributed by atoms with Gasteiger partial charge in [-0.2, -0.15) is 0 Å². The van der Waals surface area contributed by atoms with E-state index in [4.69, 9.17) is 4.74 Å². The number of hydrogen-bond acceptors (Lipinski definition) is 5. The van der Waals surface area contributed by atoms with Gasteiger partial charge in [0.2, 0.25) is 0 Å². The largest absolute Gasteiger partial charge is 0.494 e. The van der Waals surface area contributed by atoms with Gasteiger partial charge in [0.05, 0.1) is 6.61 Å². The molecule has 28 heavy (non-hydrogen) atoms. The standard InChI is InChI=1S/C22H24N4O2/c1-5-28-19-10-8-17(9-11-19)26-22(27)20-13-21(24-16(4)23-20)25-18-7-6-14(2)15(3)12-18/h6-13H,5H2,1-4H3,(H,26,27)(H,23,24,25). The molecule has 0 saturated carbocycles. The van der Waals surface area contributed by atoms with Crippen molar-refractivity contribution in [3.05, 3.63) is 71.2 Å². The van der Waals surface area contributed by atoms with Gasteiger partial charge in [-0.1, -0.05) is 6.07 Å². The second-order valence-corrected chi connectivity index (χ2v) is 6.52. The highest BCUT2D eigenvalue weighted by atomic mass is 16.5. The lowest BCUT2D eigenvalue weighted by atomic mass is 10.1. The van der Waals surface area contributed by atoms with Crippen LogP contribution in [0, 0.1) is 20.8 Å². The normalized spacial score (nSPS) is 10.4. The molecule has 2 N–H and O–H groups in total. The predicted octanol–water partition coefficient (Wildman–Crippen LogP) is 4.80. The van der Waals surface area contributed by atoms with Crippen LogP contribution in [0.4, 0.5) is 17.2 Å². The summed E-state index contributed by atoms with van der Waals surface area (Å²) in [6.45, 7) is 8.41. The molecule has 3 aromatic rings. The smallest absolute Gasteiger partial charge is 0.274 e. The molecule has 1 amide bonds. The van der Waals surface area contributed by atoms with E-state index in [9.17, 15) is 4.79 Å². The first-order valence-electron chi connectivity index (χ1n) is 9.19. The van der Waals surface area contributed by atoms with E-state index in [2.05, 4.69) is 34.4 Å². The summed E-state index contributed by atoms with van der Waals surface area (Å²) in [6.07, 6.45) is 0. The van der Waals surface area contributed by atoms with Crippen molar-refractivity contribution in [1.29, 1.82) is 0 Å². The number of ether oxygens (including phenoxy) is 1. The second-order valence-electron chi connectivity index (χ2n) is 6.52. The van der Waals surface area contributed by atoms with Crippen LogP contribution in [0.25, 0.3) is 0 Å². The molecule has 2 aromatic carbocycles. The predicted molar refractivity (Wildman–Crippen MR) is 112 cm³/mol. The molecule has 0 atom stereocenters. The van der Waals surface area contributed by atoms with Gasteiger partial charge in [0, 0.05) is 17.4 Å².